The highest BCUT2D eigenvalue weighted by Gasteiger charge is 2.30. The lowest BCUT2D eigenvalue weighted by atomic mass is 10.1. The zero-order valence-corrected chi connectivity index (χ0v) is 24.1. The first-order chi connectivity index (χ1) is 20.8. The molecule has 5 aromatic rings. The number of carbonyl (C=O) groups is 1. The van der Waals surface area contributed by atoms with Crippen LogP contribution in [-0.4, -0.2) is 34.9 Å². The first-order valence-corrected chi connectivity index (χ1v) is 14.1. The number of nitrogens with one attached hydrogen (secondary N) is 1. The third-order valence-corrected chi connectivity index (χ3v) is 7.58. The average molecular weight is 605 g/mol. The van der Waals surface area contributed by atoms with E-state index >= 15 is 0 Å². The SMILES string of the molecule is COc1cccc(-c2nnc(SCc3ccc(C(=O)NCc4cccc(C(F)(F)F)c4)cc3)n2-c2ccccc2OC)c1. The molecule has 43 heavy (non-hydrogen) atoms. The summed E-state index contributed by atoms with van der Waals surface area (Å²) in [6.07, 6.45) is -4.44. The van der Waals surface area contributed by atoms with Crippen LogP contribution < -0.4 is 14.8 Å². The predicted molar refractivity (Wildman–Crippen MR) is 159 cm³/mol. The molecule has 0 fully saturated rings. The van der Waals surface area contributed by atoms with Crippen molar-refractivity contribution in [3.63, 3.8) is 0 Å². The molecule has 0 unspecified atom stereocenters. The highest BCUT2D eigenvalue weighted by atomic mass is 32.2. The molecule has 1 aromatic heterocycles. The number of aromatic nitrogens is 3. The molecule has 0 saturated carbocycles. The number of nitrogens with zero attached hydrogens (tertiary/aromatic N) is 3. The van der Waals surface area contributed by atoms with Crippen LogP contribution in [0.4, 0.5) is 13.2 Å². The minimum Gasteiger partial charge on any atom is -0.497 e. The number of rotatable bonds is 10. The van der Waals surface area contributed by atoms with E-state index in [4.69, 9.17) is 9.47 Å². The van der Waals surface area contributed by atoms with Crippen molar-refractivity contribution < 1.29 is 27.4 Å². The lowest BCUT2D eigenvalue weighted by molar-refractivity contribution is -0.137. The van der Waals surface area contributed by atoms with Gasteiger partial charge in [0.2, 0.25) is 0 Å². The topological polar surface area (TPSA) is 78.3 Å². The van der Waals surface area contributed by atoms with Crippen molar-refractivity contribution in [3.8, 4) is 28.6 Å². The molecule has 0 bridgehead atoms. The number of amides is 1. The molecule has 0 aliphatic rings. The predicted octanol–water partition coefficient (Wildman–Crippen LogP) is 7.19. The molecule has 1 N–H and O–H groups in total. The van der Waals surface area contributed by atoms with Gasteiger partial charge in [-0.15, -0.1) is 10.2 Å². The van der Waals surface area contributed by atoms with Gasteiger partial charge in [0.05, 0.1) is 25.5 Å². The van der Waals surface area contributed by atoms with E-state index in [1.807, 2.05) is 65.2 Å². The standard InChI is InChI=1S/C32H27F3N4O3S/c1-41-26-10-6-8-24(18-26)29-37-38-31(39(29)27-11-3-4-12-28(27)42-2)43-20-21-13-15-23(16-14-21)30(40)36-19-22-7-5-9-25(17-22)32(33,34)35/h3-18H,19-20H2,1-2H3,(H,36,40). The number of carbonyl (C=O) groups excluding carboxylic acids is 1. The van der Waals surface area contributed by atoms with Crippen molar-refractivity contribution in [3.05, 3.63) is 119 Å². The Morgan fingerprint density at radius 1 is 0.860 bits per heavy atom. The van der Waals surface area contributed by atoms with Crippen LogP contribution in [0.5, 0.6) is 11.5 Å². The van der Waals surface area contributed by atoms with Crippen molar-refractivity contribution in [1.29, 1.82) is 0 Å². The maximum Gasteiger partial charge on any atom is 0.416 e. The highest BCUT2D eigenvalue weighted by molar-refractivity contribution is 7.98. The van der Waals surface area contributed by atoms with Gasteiger partial charge in [0.1, 0.15) is 11.5 Å². The van der Waals surface area contributed by atoms with Gasteiger partial charge in [-0.3, -0.25) is 9.36 Å². The molecule has 0 atom stereocenters. The van der Waals surface area contributed by atoms with Crippen molar-refractivity contribution in [2.45, 2.75) is 23.6 Å². The normalized spacial score (nSPS) is 11.3. The summed E-state index contributed by atoms with van der Waals surface area (Å²) in [6, 6.07) is 27.1. The van der Waals surface area contributed by atoms with Gasteiger partial charge in [0.25, 0.3) is 5.91 Å². The first-order valence-electron chi connectivity index (χ1n) is 13.2. The van der Waals surface area contributed by atoms with Crippen molar-refractivity contribution in [2.75, 3.05) is 14.2 Å². The Morgan fingerprint density at radius 3 is 2.37 bits per heavy atom. The summed E-state index contributed by atoms with van der Waals surface area (Å²) in [5, 5.41) is 12.3. The Kier molecular flexibility index (Phi) is 9.01. The van der Waals surface area contributed by atoms with Gasteiger partial charge in [-0.1, -0.05) is 60.3 Å². The number of ether oxygens (including phenoxy) is 2. The van der Waals surface area contributed by atoms with Crippen LogP contribution in [0.15, 0.2) is 102 Å². The second-order valence-electron chi connectivity index (χ2n) is 9.41. The third kappa shape index (κ3) is 7.00. The number of halogens is 3. The highest BCUT2D eigenvalue weighted by Crippen LogP contribution is 2.34. The summed E-state index contributed by atoms with van der Waals surface area (Å²) in [4.78, 5) is 12.7. The molecular weight excluding hydrogens is 577 g/mol. The molecule has 4 aromatic carbocycles. The molecule has 0 radical (unpaired) electrons. The lowest BCUT2D eigenvalue weighted by Gasteiger charge is -2.14. The van der Waals surface area contributed by atoms with Crippen LogP contribution in [0.2, 0.25) is 0 Å². The van der Waals surface area contributed by atoms with Gasteiger partial charge < -0.3 is 14.8 Å². The van der Waals surface area contributed by atoms with Gasteiger partial charge in [0, 0.05) is 23.4 Å². The average Bonchev–Trinajstić information content (AvgIpc) is 3.46. The van der Waals surface area contributed by atoms with Gasteiger partial charge in [-0.2, -0.15) is 13.2 Å². The molecule has 0 saturated heterocycles. The van der Waals surface area contributed by atoms with Crippen molar-refractivity contribution in [1.82, 2.24) is 20.1 Å². The Balaban J connectivity index is 1.31. The van der Waals surface area contributed by atoms with Crippen molar-refractivity contribution in [2.24, 2.45) is 0 Å². The molecule has 1 heterocycles. The Morgan fingerprint density at radius 2 is 1.63 bits per heavy atom. The molecule has 0 aliphatic heterocycles. The molecule has 11 heteroatoms. The second-order valence-corrected chi connectivity index (χ2v) is 10.4. The minimum atomic E-state index is -4.44. The van der Waals surface area contributed by atoms with E-state index in [-0.39, 0.29) is 12.5 Å². The van der Waals surface area contributed by atoms with Crippen LogP contribution in [0.3, 0.4) is 0 Å². The van der Waals surface area contributed by atoms with E-state index in [0.717, 1.165) is 28.9 Å². The summed E-state index contributed by atoms with van der Waals surface area (Å²) >= 11 is 1.47. The summed E-state index contributed by atoms with van der Waals surface area (Å²) in [5.74, 6) is 2.14. The smallest absolute Gasteiger partial charge is 0.416 e. The summed E-state index contributed by atoms with van der Waals surface area (Å²) < 4.78 is 51.9. The van der Waals surface area contributed by atoms with E-state index < -0.39 is 11.7 Å². The Labute approximate surface area is 250 Å². The number of hydrogen-bond donors (Lipinski definition) is 1. The number of alkyl halides is 3. The summed E-state index contributed by atoms with van der Waals surface area (Å²) in [7, 11) is 3.22. The lowest BCUT2D eigenvalue weighted by Crippen LogP contribution is -2.23. The number of hydrogen-bond acceptors (Lipinski definition) is 6. The third-order valence-electron chi connectivity index (χ3n) is 6.58. The molecular formula is C32H27F3N4O3S. The Bertz CT molecular complexity index is 1720. The maximum atomic E-state index is 13.0. The van der Waals surface area contributed by atoms with Crippen LogP contribution in [0.1, 0.15) is 27.0 Å². The minimum absolute atomic E-state index is 0.0193. The molecule has 0 aliphatic carbocycles. The number of para-hydroxylation sites is 2. The fourth-order valence-electron chi connectivity index (χ4n) is 4.39. The fourth-order valence-corrected chi connectivity index (χ4v) is 5.29. The van der Waals surface area contributed by atoms with Gasteiger partial charge in [0.15, 0.2) is 11.0 Å². The maximum absolute atomic E-state index is 13.0. The van der Waals surface area contributed by atoms with E-state index in [1.165, 1.54) is 17.8 Å². The molecule has 5 rings (SSSR count). The van der Waals surface area contributed by atoms with Gasteiger partial charge in [-0.05, 0) is 59.7 Å². The number of methoxy groups -OCH3 is 2. The monoisotopic (exact) mass is 604 g/mol. The van der Waals surface area contributed by atoms with Crippen LogP contribution in [-0.2, 0) is 18.5 Å². The largest absolute Gasteiger partial charge is 0.497 e. The molecule has 1 amide bonds. The van der Waals surface area contributed by atoms with Gasteiger partial charge in [-0.25, -0.2) is 0 Å². The second kappa shape index (κ2) is 13.0. The number of benzene rings is 4. The van der Waals surface area contributed by atoms with E-state index in [2.05, 4.69) is 15.5 Å². The zero-order chi connectivity index (χ0) is 30.4. The quantitative estimate of drug-likeness (QED) is 0.170. The zero-order valence-electron chi connectivity index (χ0n) is 23.3. The van der Waals surface area contributed by atoms with E-state index in [9.17, 15) is 18.0 Å². The number of thioether (sulfide) groups is 1. The van der Waals surface area contributed by atoms with Crippen LogP contribution in [0.25, 0.3) is 17.1 Å². The molecule has 220 valence electrons. The van der Waals surface area contributed by atoms with Gasteiger partial charge >= 0.3 is 6.18 Å². The summed E-state index contributed by atoms with van der Waals surface area (Å²) in [5.41, 5.74) is 2.56. The van der Waals surface area contributed by atoms with E-state index in [0.29, 0.717) is 39.4 Å². The van der Waals surface area contributed by atoms with Crippen LogP contribution in [0, 0.1) is 0 Å². The molecule has 0 spiro atoms. The first kappa shape index (κ1) is 29.7. The molecule has 7 nitrogen and oxygen atoms in total. The Hall–Kier alpha value is -4.77. The van der Waals surface area contributed by atoms with E-state index in [1.54, 1.807) is 32.4 Å². The summed E-state index contributed by atoms with van der Waals surface area (Å²) in [6.45, 7) is -0.0193. The van der Waals surface area contributed by atoms with Crippen LogP contribution >= 0.6 is 11.8 Å². The fraction of sp³-hybridized carbons (Fsp3) is 0.156. The van der Waals surface area contributed by atoms with Crippen molar-refractivity contribution >= 4 is 17.7 Å².